The van der Waals surface area contributed by atoms with Gasteiger partial charge in [-0.2, -0.15) is 0 Å². The van der Waals surface area contributed by atoms with Crippen molar-refractivity contribution in [2.75, 3.05) is 0 Å². The molecule has 15 aromatic rings. The second-order valence-corrected chi connectivity index (χ2v) is 18.8. The molecule has 0 fully saturated rings. The maximum absolute atomic E-state index is 6.33. The van der Waals surface area contributed by atoms with Crippen molar-refractivity contribution in [3.8, 4) is 22.3 Å². The van der Waals surface area contributed by atoms with E-state index in [-0.39, 0.29) is 0 Å². The average molecular weight is 823 g/mol. The standard InChI is InChI=1S/C58H30O2S2/c1-5-13-49-35(9-1)47-25-31(17-23-51(47)59-49)45-29-33-27-44-34(28-43(33)39-19-21-41-37-11-3-7-15-53(37)61-57(41)55(39)45)30-46(32-18-24-52-48(26-32)36-10-2-6-14-50(36)60-52)56-40(44)20-22-42-38-12-4-8-16-54(38)62-58(42)56/h1-30H. The van der Waals surface area contributed by atoms with E-state index in [1.54, 1.807) is 0 Å². The summed E-state index contributed by atoms with van der Waals surface area (Å²) in [6, 6.07) is 67.2. The molecule has 0 N–H and O–H groups in total. The third kappa shape index (κ3) is 4.47. The van der Waals surface area contributed by atoms with Crippen LogP contribution in [0.15, 0.2) is 191 Å². The number of hydrogen-bond acceptors (Lipinski definition) is 4. The average Bonchev–Trinajstić information content (AvgIpc) is 4.10. The first-order valence-electron chi connectivity index (χ1n) is 21.0. The lowest BCUT2D eigenvalue weighted by atomic mass is 9.87. The van der Waals surface area contributed by atoms with Crippen LogP contribution in [0.25, 0.3) is 150 Å². The zero-order valence-corrected chi connectivity index (χ0v) is 34.6. The third-order valence-corrected chi connectivity index (χ3v) is 15.8. The summed E-state index contributed by atoms with van der Waals surface area (Å²) in [7, 11) is 0. The zero-order chi connectivity index (χ0) is 40.2. The van der Waals surface area contributed by atoms with E-state index in [1.807, 2.05) is 34.8 Å². The Kier molecular flexibility index (Phi) is 6.48. The normalized spacial score (nSPS) is 12.5. The SMILES string of the molecule is c1ccc2c(c1)oc1ccc(-c3cc4cc5c(cc(-c6ccc7oc8ccccc8c7c6)c6c5ccc5c7ccccc7sc56)cc4c4ccc5c6ccccc6sc5c34)cc12. The summed E-state index contributed by atoms with van der Waals surface area (Å²) >= 11 is 3.80. The topological polar surface area (TPSA) is 26.3 Å². The fraction of sp³-hybridized carbons (Fsp3) is 0. The third-order valence-electron chi connectivity index (χ3n) is 13.4. The molecule has 0 aliphatic heterocycles. The first-order chi connectivity index (χ1) is 30.7. The van der Waals surface area contributed by atoms with Crippen LogP contribution in [0.3, 0.4) is 0 Å². The molecule has 0 bridgehead atoms. The van der Waals surface area contributed by atoms with Gasteiger partial charge in [0.25, 0.3) is 0 Å². The summed E-state index contributed by atoms with van der Waals surface area (Å²) in [4.78, 5) is 0. The summed E-state index contributed by atoms with van der Waals surface area (Å²) in [5, 5.41) is 19.9. The van der Waals surface area contributed by atoms with Gasteiger partial charge in [-0.3, -0.25) is 0 Å². The Hall–Kier alpha value is -7.50. The first-order valence-corrected chi connectivity index (χ1v) is 22.7. The van der Waals surface area contributed by atoms with Crippen LogP contribution in [0.1, 0.15) is 0 Å². The molecule has 11 aromatic carbocycles. The van der Waals surface area contributed by atoms with E-state index in [0.29, 0.717) is 0 Å². The van der Waals surface area contributed by atoms with Crippen molar-refractivity contribution < 1.29 is 8.83 Å². The molecule has 0 saturated heterocycles. The highest BCUT2D eigenvalue weighted by Gasteiger charge is 2.21. The number of thiophene rings is 2. The van der Waals surface area contributed by atoms with Crippen molar-refractivity contribution in [3.05, 3.63) is 182 Å². The molecule has 0 atom stereocenters. The highest BCUT2D eigenvalue weighted by molar-refractivity contribution is 7.27. The number of fused-ring (bicyclic) bond motifs is 20. The molecule has 4 heteroatoms. The summed E-state index contributed by atoms with van der Waals surface area (Å²) in [6.07, 6.45) is 0. The maximum atomic E-state index is 6.33. The van der Waals surface area contributed by atoms with Gasteiger partial charge in [-0.1, -0.05) is 109 Å². The van der Waals surface area contributed by atoms with Crippen molar-refractivity contribution in [2.24, 2.45) is 0 Å². The number of hydrogen-bond donors (Lipinski definition) is 0. The van der Waals surface area contributed by atoms with Crippen LogP contribution in [0.2, 0.25) is 0 Å². The van der Waals surface area contributed by atoms with E-state index in [0.717, 1.165) is 43.9 Å². The fourth-order valence-electron chi connectivity index (χ4n) is 10.6. The van der Waals surface area contributed by atoms with Gasteiger partial charge in [0.1, 0.15) is 22.3 Å². The van der Waals surface area contributed by atoms with E-state index in [1.165, 1.54) is 106 Å². The van der Waals surface area contributed by atoms with Crippen LogP contribution in [-0.4, -0.2) is 0 Å². The van der Waals surface area contributed by atoms with Gasteiger partial charge in [-0.25, -0.2) is 0 Å². The maximum Gasteiger partial charge on any atom is 0.135 e. The second kappa shape index (κ2) is 12.1. The molecule has 0 radical (unpaired) electrons. The highest BCUT2D eigenvalue weighted by atomic mass is 32.1. The molecule has 0 spiro atoms. The molecule has 0 aliphatic carbocycles. The second-order valence-electron chi connectivity index (χ2n) is 16.7. The van der Waals surface area contributed by atoms with Crippen LogP contribution in [0.5, 0.6) is 0 Å². The lowest BCUT2D eigenvalue weighted by Gasteiger charge is -2.16. The largest absolute Gasteiger partial charge is 0.456 e. The Labute approximate surface area is 361 Å². The minimum atomic E-state index is 0.910. The molecule has 0 saturated carbocycles. The van der Waals surface area contributed by atoms with Gasteiger partial charge in [0.05, 0.1) is 0 Å². The van der Waals surface area contributed by atoms with Crippen molar-refractivity contribution in [3.63, 3.8) is 0 Å². The Morgan fingerprint density at radius 1 is 0.274 bits per heavy atom. The van der Waals surface area contributed by atoms with E-state index >= 15 is 0 Å². The molecular weight excluding hydrogens is 793 g/mol. The molecule has 0 amide bonds. The van der Waals surface area contributed by atoms with Gasteiger partial charge in [0, 0.05) is 72.7 Å². The van der Waals surface area contributed by atoms with Crippen molar-refractivity contribution >= 4 is 150 Å². The van der Waals surface area contributed by atoms with Gasteiger partial charge in [-0.05, 0) is 127 Å². The van der Waals surface area contributed by atoms with Crippen LogP contribution < -0.4 is 0 Å². The molecule has 2 nitrogen and oxygen atoms in total. The van der Waals surface area contributed by atoms with Gasteiger partial charge in [0.2, 0.25) is 0 Å². The van der Waals surface area contributed by atoms with E-state index in [9.17, 15) is 0 Å². The summed E-state index contributed by atoms with van der Waals surface area (Å²) in [5.74, 6) is 0. The van der Waals surface area contributed by atoms with Gasteiger partial charge < -0.3 is 8.83 Å². The lowest BCUT2D eigenvalue weighted by molar-refractivity contribution is 0.668. The Morgan fingerprint density at radius 3 is 1.16 bits per heavy atom. The predicted octanol–water partition coefficient (Wildman–Crippen LogP) is 18.2. The van der Waals surface area contributed by atoms with E-state index < -0.39 is 0 Å². The smallest absolute Gasteiger partial charge is 0.135 e. The molecule has 0 unspecified atom stereocenters. The molecule has 4 aromatic heterocycles. The summed E-state index contributed by atoms with van der Waals surface area (Å²) in [6.45, 7) is 0. The Morgan fingerprint density at radius 2 is 0.677 bits per heavy atom. The quantitative estimate of drug-likeness (QED) is 0.128. The molecule has 286 valence electrons. The zero-order valence-electron chi connectivity index (χ0n) is 33.0. The Balaban J connectivity index is 1.08. The molecular formula is C58H30O2S2. The highest BCUT2D eigenvalue weighted by Crippen LogP contribution is 2.49. The van der Waals surface area contributed by atoms with Crippen molar-refractivity contribution in [1.29, 1.82) is 0 Å². The number of para-hydroxylation sites is 2. The molecule has 4 heterocycles. The molecule has 62 heavy (non-hydrogen) atoms. The van der Waals surface area contributed by atoms with Crippen LogP contribution in [0, 0.1) is 0 Å². The van der Waals surface area contributed by atoms with Gasteiger partial charge in [0.15, 0.2) is 0 Å². The predicted molar refractivity (Wildman–Crippen MR) is 268 cm³/mol. The van der Waals surface area contributed by atoms with Crippen LogP contribution in [0.4, 0.5) is 0 Å². The van der Waals surface area contributed by atoms with E-state index in [2.05, 4.69) is 170 Å². The summed E-state index contributed by atoms with van der Waals surface area (Å²) < 4.78 is 17.9. The lowest BCUT2D eigenvalue weighted by Crippen LogP contribution is -1.89. The van der Waals surface area contributed by atoms with Crippen molar-refractivity contribution in [2.45, 2.75) is 0 Å². The number of furan rings is 2. The Bertz CT molecular complexity index is 4170. The molecule has 15 rings (SSSR count). The minimum Gasteiger partial charge on any atom is -0.456 e. The number of rotatable bonds is 2. The first kappa shape index (κ1) is 33.2. The van der Waals surface area contributed by atoms with Crippen molar-refractivity contribution in [1.82, 2.24) is 0 Å². The summed E-state index contributed by atoms with van der Waals surface area (Å²) in [5.41, 5.74) is 8.51. The van der Waals surface area contributed by atoms with Gasteiger partial charge >= 0.3 is 0 Å². The van der Waals surface area contributed by atoms with E-state index in [4.69, 9.17) is 8.83 Å². The van der Waals surface area contributed by atoms with Crippen LogP contribution in [-0.2, 0) is 0 Å². The van der Waals surface area contributed by atoms with Gasteiger partial charge in [-0.15, -0.1) is 22.7 Å². The fourth-order valence-corrected chi connectivity index (χ4v) is 13.1. The number of benzene rings is 11. The monoisotopic (exact) mass is 822 g/mol. The minimum absolute atomic E-state index is 0.910. The van der Waals surface area contributed by atoms with Crippen LogP contribution >= 0.6 is 22.7 Å². The molecule has 0 aliphatic rings.